The fourth-order valence-corrected chi connectivity index (χ4v) is 11.3. The van der Waals surface area contributed by atoms with Crippen molar-refractivity contribution in [3.8, 4) is 0 Å². The second-order valence-corrected chi connectivity index (χ2v) is 16.0. The quantitative estimate of drug-likeness (QED) is 0.199. The third kappa shape index (κ3) is 3.78. The van der Waals surface area contributed by atoms with E-state index in [-0.39, 0.29) is 45.0 Å². The first-order valence-corrected chi connectivity index (χ1v) is 14.5. The van der Waals surface area contributed by atoms with Gasteiger partial charge in [-0.05, 0) is 89.8 Å². The summed E-state index contributed by atoms with van der Waals surface area (Å²) in [6, 6.07) is 0. The van der Waals surface area contributed by atoms with E-state index < -0.39 is 18.0 Å². The van der Waals surface area contributed by atoms with Gasteiger partial charge in [0.05, 0.1) is 6.10 Å². The van der Waals surface area contributed by atoms with E-state index in [4.69, 9.17) is 4.74 Å². The number of carboxylic acid groups (broad SMARTS) is 1. The van der Waals surface area contributed by atoms with Gasteiger partial charge in [0, 0.05) is 18.3 Å². The topological polar surface area (TPSA) is 107 Å². The van der Waals surface area contributed by atoms with Crippen LogP contribution in [0.15, 0.2) is 11.6 Å². The monoisotopic (exact) mass is 518 g/mol. The van der Waals surface area contributed by atoms with Crippen molar-refractivity contribution in [2.24, 2.45) is 50.2 Å². The van der Waals surface area contributed by atoms with Crippen LogP contribution < -0.4 is 0 Å². The first-order valence-electron chi connectivity index (χ1n) is 14.5. The number of rotatable bonds is 2. The lowest BCUT2D eigenvalue weighted by Crippen LogP contribution is -2.66. The van der Waals surface area contributed by atoms with Crippen molar-refractivity contribution < 1.29 is 30.0 Å². The van der Waals surface area contributed by atoms with Gasteiger partial charge in [-0.2, -0.15) is 0 Å². The summed E-state index contributed by atoms with van der Waals surface area (Å²) in [5, 5.41) is 42.5. The Morgan fingerprint density at radius 1 is 0.946 bits per heavy atom. The predicted molar refractivity (Wildman–Crippen MR) is 142 cm³/mol. The fraction of sp³-hybridized carbons (Fsp3) is 0.903. The third-order valence-electron chi connectivity index (χ3n) is 13.1. The van der Waals surface area contributed by atoms with Crippen molar-refractivity contribution in [3.63, 3.8) is 0 Å². The van der Waals surface area contributed by atoms with Gasteiger partial charge in [-0.25, -0.2) is 4.79 Å². The van der Waals surface area contributed by atoms with Gasteiger partial charge in [0.25, 0.3) is 0 Å². The van der Waals surface area contributed by atoms with Gasteiger partial charge in [0.1, 0.15) is 6.61 Å². The Kier molecular flexibility index (Phi) is 5.92. The molecular formula is C31H50O6. The molecule has 0 aromatic carbocycles. The molecular weight excluding hydrogens is 468 g/mol. The van der Waals surface area contributed by atoms with E-state index >= 15 is 0 Å². The zero-order valence-corrected chi connectivity index (χ0v) is 24.1. The maximum Gasteiger partial charge on any atom is 0.505 e. The number of aliphatic hydroxyl groups is 3. The minimum Gasteiger partial charge on any atom is -0.450 e. The first-order chi connectivity index (χ1) is 16.8. The van der Waals surface area contributed by atoms with Crippen LogP contribution >= 0.6 is 0 Å². The average molecular weight is 519 g/mol. The molecule has 0 radical (unpaired) electrons. The van der Waals surface area contributed by atoms with E-state index in [0.29, 0.717) is 31.1 Å². The summed E-state index contributed by atoms with van der Waals surface area (Å²) >= 11 is 0. The maximum atomic E-state index is 11.4. The highest BCUT2D eigenvalue weighted by molar-refractivity contribution is 5.56. The maximum absolute atomic E-state index is 11.4. The Hall–Kier alpha value is -1.11. The molecule has 37 heavy (non-hydrogen) atoms. The largest absolute Gasteiger partial charge is 0.505 e. The number of hydrogen-bond acceptors (Lipinski definition) is 5. The van der Waals surface area contributed by atoms with Crippen LogP contribution in [0.3, 0.4) is 0 Å². The molecule has 0 aromatic rings. The van der Waals surface area contributed by atoms with Crippen LogP contribution in [0, 0.1) is 50.2 Å². The minimum atomic E-state index is -1.64. The second-order valence-electron chi connectivity index (χ2n) is 16.0. The van der Waals surface area contributed by atoms with E-state index in [9.17, 15) is 25.2 Å². The second kappa shape index (κ2) is 7.97. The summed E-state index contributed by atoms with van der Waals surface area (Å²) in [6.45, 7) is 16.1. The molecule has 5 aliphatic rings. The van der Waals surface area contributed by atoms with Gasteiger partial charge >= 0.3 is 6.16 Å². The van der Waals surface area contributed by atoms with Gasteiger partial charge in [-0.1, -0.05) is 60.1 Å². The van der Waals surface area contributed by atoms with Crippen LogP contribution in [0.5, 0.6) is 0 Å². The lowest BCUT2D eigenvalue weighted by atomic mass is 9.33. The first kappa shape index (κ1) is 27.5. The molecule has 6 heteroatoms. The molecule has 4 N–H and O–H groups in total. The van der Waals surface area contributed by atoms with E-state index in [1.165, 1.54) is 5.57 Å². The number of hydrogen-bond donors (Lipinski definition) is 4. The molecule has 5 rings (SSSR count). The van der Waals surface area contributed by atoms with Crippen molar-refractivity contribution in [1.82, 2.24) is 0 Å². The number of carbonyl (C=O) groups is 1. The fourth-order valence-electron chi connectivity index (χ4n) is 11.3. The van der Waals surface area contributed by atoms with Crippen LogP contribution in [0.1, 0.15) is 106 Å². The van der Waals surface area contributed by atoms with E-state index in [1.807, 2.05) is 0 Å². The zero-order valence-electron chi connectivity index (χ0n) is 24.1. The van der Waals surface area contributed by atoms with E-state index in [0.717, 1.165) is 38.5 Å². The Bertz CT molecular complexity index is 998. The molecule has 6 nitrogen and oxygen atoms in total. The van der Waals surface area contributed by atoms with Gasteiger partial charge in [0.15, 0.2) is 5.79 Å². The summed E-state index contributed by atoms with van der Waals surface area (Å²) in [5.74, 6) is -0.683. The van der Waals surface area contributed by atoms with Crippen LogP contribution in [-0.2, 0) is 4.74 Å². The Morgan fingerprint density at radius 3 is 2.27 bits per heavy atom. The molecule has 0 aromatic heterocycles. The third-order valence-corrected chi connectivity index (χ3v) is 13.1. The van der Waals surface area contributed by atoms with Crippen molar-refractivity contribution in [2.45, 2.75) is 118 Å². The highest BCUT2D eigenvalue weighted by Gasteiger charge is 2.69. The normalized spacial score (nSPS) is 49.4. The number of aliphatic hydroxyl groups excluding tert-OH is 1. The van der Waals surface area contributed by atoms with E-state index in [2.05, 4.69) is 54.5 Å². The van der Waals surface area contributed by atoms with Gasteiger partial charge < -0.3 is 25.2 Å². The molecule has 5 aliphatic carbocycles. The molecule has 0 aliphatic heterocycles. The van der Waals surface area contributed by atoms with Crippen LogP contribution in [0.25, 0.3) is 0 Å². The SMILES string of the molecule is CC1(C)CC(O)(O)C[C@@]2(C)C1CC[C@]1(C)[C@@H]2CC=C2[C@H]3CC(C)(C)[C@@H](O)C[C@]3(COC(=O)O)CC[C@]21C. The van der Waals surface area contributed by atoms with Crippen molar-refractivity contribution in [2.75, 3.05) is 6.61 Å². The molecule has 0 heterocycles. The van der Waals surface area contributed by atoms with Crippen LogP contribution in [-0.4, -0.2) is 45.1 Å². The molecule has 8 atom stereocenters. The summed E-state index contributed by atoms with van der Waals surface area (Å²) < 4.78 is 5.26. The highest BCUT2D eigenvalue weighted by Crippen LogP contribution is 2.76. The minimum absolute atomic E-state index is 0.00581. The molecule has 1 unspecified atom stereocenters. The zero-order chi connectivity index (χ0) is 27.4. The lowest BCUT2D eigenvalue weighted by molar-refractivity contribution is -0.282. The highest BCUT2D eigenvalue weighted by atomic mass is 16.7. The molecule has 210 valence electrons. The summed E-state index contributed by atoms with van der Waals surface area (Å²) in [7, 11) is 0. The standard InChI is InChI=1S/C31H50O6/c1-25(2)14-20-19-8-9-22-27(5)17-31(35,36)16-26(3,4)21(27)10-11-29(22,7)28(19,6)12-13-30(20,15-23(25)32)18-37-24(33)34/h8,20-23,32,35-36H,9-18H2,1-7H3,(H,33,34)/t20-,21?,22-,23+,27+,28-,29-,30+/m1/s1. The number of allylic oxidation sites excluding steroid dienone is 2. The van der Waals surface area contributed by atoms with Crippen molar-refractivity contribution in [3.05, 3.63) is 11.6 Å². The molecule has 0 amide bonds. The number of ether oxygens (including phenoxy) is 1. The molecule has 4 fully saturated rings. The predicted octanol–water partition coefficient (Wildman–Crippen LogP) is 6.13. The van der Waals surface area contributed by atoms with E-state index in [1.54, 1.807) is 0 Å². The Labute approximate surface area is 222 Å². The van der Waals surface area contributed by atoms with Crippen LogP contribution in [0.2, 0.25) is 0 Å². The van der Waals surface area contributed by atoms with Gasteiger partial charge in [-0.15, -0.1) is 0 Å². The Balaban J connectivity index is 1.59. The van der Waals surface area contributed by atoms with Crippen LogP contribution in [0.4, 0.5) is 4.79 Å². The summed E-state index contributed by atoms with van der Waals surface area (Å²) in [6.07, 6.45) is 7.87. The molecule has 0 bridgehead atoms. The average Bonchev–Trinajstić information content (AvgIpc) is 2.72. The Morgan fingerprint density at radius 2 is 1.62 bits per heavy atom. The van der Waals surface area contributed by atoms with Crippen molar-refractivity contribution >= 4 is 6.16 Å². The smallest absolute Gasteiger partial charge is 0.450 e. The summed E-state index contributed by atoms with van der Waals surface area (Å²) in [5.41, 5.74) is 0.456. The summed E-state index contributed by atoms with van der Waals surface area (Å²) in [4.78, 5) is 11.4. The van der Waals surface area contributed by atoms with Crippen molar-refractivity contribution in [1.29, 1.82) is 0 Å². The van der Waals surface area contributed by atoms with Gasteiger partial charge in [0.2, 0.25) is 0 Å². The van der Waals surface area contributed by atoms with Gasteiger partial charge in [-0.3, -0.25) is 0 Å². The lowest BCUT2D eigenvalue weighted by Gasteiger charge is -2.72. The molecule has 4 saturated carbocycles. The number of fused-ring (bicyclic) bond motifs is 7. The molecule has 0 saturated heterocycles. The molecule has 0 spiro atoms.